The maximum atomic E-state index is 12.6. The Morgan fingerprint density at radius 2 is 2.11 bits per heavy atom. The molecule has 9 nitrogen and oxygen atoms in total. The summed E-state index contributed by atoms with van der Waals surface area (Å²) < 4.78 is 3.99. The number of nitrogens with zero attached hydrogens (tertiary/aromatic N) is 6. The van der Waals surface area contributed by atoms with Gasteiger partial charge < -0.3 is 0 Å². The van der Waals surface area contributed by atoms with Crippen LogP contribution in [-0.2, 0) is 20.6 Å². The molecule has 0 spiro atoms. The third-order valence-corrected chi connectivity index (χ3v) is 4.12. The van der Waals surface area contributed by atoms with E-state index in [1.54, 1.807) is 49.3 Å². The Hall–Kier alpha value is -3.20. The van der Waals surface area contributed by atoms with Crippen LogP contribution in [-0.4, -0.2) is 29.9 Å². The van der Waals surface area contributed by atoms with Gasteiger partial charge in [0.15, 0.2) is 11.2 Å². The van der Waals surface area contributed by atoms with Crippen LogP contribution in [0.5, 0.6) is 0 Å². The minimum Gasteiger partial charge on any atom is -0.299 e. The van der Waals surface area contributed by atoms with Crippen molar-refractivity contribution in [3.63, 3.8) is 0 Å². The Labute approximate surface area is 159 Å². The molecule has 0 radical (unpaired) electrons. The van der Waals surface area contributed by atoms with E-state index in [0.717, 1.165) is 10.1 Å². The third kappa shape index (κ3) is 3.68. The number of aryl methyl sites for hydroxylation is 1. The van der Waals surface area contributed by atoms with Gasteiger partial charge in [-0.3, -0.25) is 23.5 Å². The van der Waals surface area contributed by atoms with Crippen LogP contribution in [0.25, 0.3) is 11.2 Å². The van der Waals surface area contributed by atoms with Crippen molar-refractivity contribution in [3.8, 4) is 0 Å². The van der Waals surface area contributed by atoms with E-state index in [-0.39, 0.29) is 11.2 Å². The molecule has 10 heteroatoms. The number of hydrogen-bond acceptors (Lipinski definition) is 6. The lowest BCUT2D eigenvalue weighted by molar-refractivity contribution is 0.703. The van der Waals surface area contributed by atoms with Crippen molar-refractivity contribution in [1.82, 2.24) is 23.7 Å². The Kier molecular flexibility index (Phi) is 5.22. The summed E-state index contributed by atoms with van der Waals surface area (Å²) in [4.78, 5) is 33.2. The standard InChI is InChI=1S/C17H18ClN7O2/c1-11(18)6-8-25-13-14(23(2)17(27)24(3)15(13)26)21-16(25)22-20-10-12-5-4-7-19-9-12/h4-7,9-10H,8H2,1-3H3,(H,21,22)/b11-6-,20-10+. The lowest BCUT2D eigenvalue weighted by Gasteiger charge is -2.06. The van der Waals surface area contributed by atoms with E-state index in [2.05, 4.69) is 20.5 Å². The number of halogens is 1. The molecular formula is C17H18ClN7O2. The summed E-state index contributed by atoms with van der Waals surface area (Å²) in [6.45, 7) is 2.03. The van der Waals surface area contributed by atoms with Gasteiger partial charge in [-0.15, -0.1) is 0 Å². The van der Waals surface area contributed by atoms with Gasteiger partial charge in [-0.05, 0) is 13.0 Å². The molecule has 0 saturated heterocycles. The molecule has 0 fully saturated rings. The van der Waals surface area contributed by atoms with Crippen LogP contribution < -0.4 is 16.7 Å². The van der Waals surface area contributed by atoms with Crippen LogP contribution in [0.3, 0.4) is 0 Å². The number of aromatic nitrogens is 5. The Morgan fingerprint density at radius 1 is 1.33 bits per heavy atom. The summed E-state index contributed by atoms with van der Waals surface area (Å²) >= 11 is 5.94. The van der Waals surface area contributed by atoms with Crippen LogP contribution in [0.15, 0.2) is 50.3 Å². The molecule has 0 amide bonds. The van der Waals surface area contributed by atoms with Gasteiger partial charge in [0.1, 0.15) is 0 Å². The van der Waals surface area contributed by atoms with Crippen molar-refractivity contribution < 1.29 is 0 Å². The maximum absolute atomic E-state index is 12.6. The lowest BCUT2D eigenvalue weighted by Crippen LogP contribution is -2.37. The topological polar surface area (TPSA) is 99.1 Å². The number of nitrogens with one attached hydrogen (secondary N) is 1. The van der Waals surface area contributed by atoms with Crippen molar-refractivity contribution in [2.75, 3.05) is 5.43 Å². The summed E-state index contributed by atoms with van der Waals surface area (Å²) in [5, 5.41) is 4.72. The van der Waals surface area contributed by atoms with Crippen molar-refractivity contribution in [2.24, 2.45) is 19.2 Å². The molecule has 0 atom stereocenters. The second-order valence-electron chi connectivity index (χ2n) is 5.87. The van der Waals surface area contributed by atoms with Gasteiger partial charge in [-0.1, -0.05) is 23.7 Å². The minimum absolute atomic E-state index is 0.266. The highest BCUT2D eigenvalue weighted by molar-refractivity contribution is 6.29. The summed E-state index contributed by atoms with van der Waals surface area (Å²) in [7, 11) is 2.99. The number of imidazole rings is 1. The van der Waals surface area contributed by atoms with Crippen molar-refractivity contribution in [2.45, 2.75) is 13.5 Å². The number of fused-ring (bicyclic) bond motifs is 1. The van der Waals surface area contributed by atoms with Crippen molar-refractivity contribution in [1.29, 1.82) is 0 Å². The van der Waals surface area contributed by atoms with Crippen LogP contribution in [0.2, 0.25) is 0 Å². The number of rotatable bonds is 5. The highest BCUT2D eigenvalue weighted by atomic mass is 35.5. The SMILES string of the molecule is C/C(Cl)=C/Cn1c(N/N=C/c2cccnc2)nc2c1c(=O)n(C)c(=O)n2C. The van der Waals surface area contributed by atoms with E-state index in [9.17, 15) is 9.59 Å². The molecule has 0 aromatic carbocycles. The smallest absolute Gasteiger partial charge is 0.299 e. The molecule has 3 heterocycles. The summed E-state index contributed by atoms with van der Waals surface area (Å²) in [5.41, 5.74) is 3.28. The first-order chi connectivity index (χ1) is 12.9. The summed E-state index contributed by atoms with van der Waals surface area (Å²) in [5.74, 6) is 0.317. The molecule has 0 bridgehead atoms. The first-order valence-electron chi connectivity index (χ1n) is 8.07. The molecule has 3 rings (SSSR count). The highest BCUT2D eigenvalue weighted by Crippen LogP contribution is 2.16. The first kappa shape index (κ1) is 18.6. The number of pyridine rings is 1. The summed E-state index contributed by atoms with van der Waals surface area (Å²) in [6, 6.07) is 3.64. The van der Waals surface area contributed by atoms with E-state index in [4.69, 9.17) is 11.6 Å². The van der Waals surface area contributed by atoms with Gasteiger partial charge in [0.05, 0.1) is 6.21 Å². The van der Waals surface area contributed by atoms with E-state index >= 15 is 0 Å². The molecular weight excluding hydrogens is 370 g/mol. The van der Waals surface area contributed by atoms with Gasteiger partial charge >= 0.3 is 5.69 Å². The highest BCUT2D eigenvalue weighted by Gasteiger charge is 2.18. The van der Waals surface area contributed by atoms with Crippen LogP contribution in [0, 0.1) is 0 Å². The monoisotopic (exact) mass is 387 g/mol. The number of anilines is 1. The fourth-order valence-corrected chi connectivity index (χ4v) is 2.61. The van der Waals surface area contributed by atoms with E-state index < -0.39 is 11.2 Å². The van der Waals surface area contributed by atoms with Gasteiger partial charge in [0.25, 0.3) is 5.56 Å². The second-order valence-corrected chi connectivity index (χ2v) is 6.47. The molecule has 0 aliphatic heterocycles. The fraction of sp³-hybridized carbons (Fsp3) is 0.235. The van der Waals surface area contributed by atoms with Crippen molar-refractivity contribution in [3.05, 3.63) is 62.0 Å². The van der Waals surface area contributed by atoms with E-state index in [0.29, 0.717) is 17.5 Å². The number of hydrazone groups is 1. The zero-order valence-electron chi connectivity index (χ0n) is 15.0. The second kappa shape index (κ2) is 7.58. The summed E-state index contributed by atoms with van der Waals surface area (Å²) in [6.07, 6.45) is 6.65. The first-order valence-corrected chi connectivity index (χ1v) is 8.45. The van der Waals surface area contributed by atoms with Crippen LogP contribution in [0.1, 0.15) is 12.5 Å². The third-order valence-electron chi connectivity index (χ3n) is 3.97. The Balaban J connectivity index is 2.12. The van der Waals surface area contributed by atoms with Gasteiger partial charge in [-0.25, -0.2) is 10.2 Å². The average Bonchev–Trinajstić information content (AvgIpc) is 3.02. The predicted molar refractivity (Wildman–Crippen MR) is 105 cm³/mol. The Morgan fingerprint density at radius 3 is 2.78 bits per heavy atom. The fourth-order valence-electron chi connectivity index (χ4n) is 2.54. The average molecular weight is 388 g/mol. The predicted octanol–water partition coefficient (Wildman–Crippen LogP) is 1.42. The molecule has 0 aliphatic carbocycles. The molecule has 3 aromatic rings. The zero-order chi connectivity index (χ0) is 19.6. The molecule has 140 valence electrons. The zero-order valence-corrected chi connectivity index (χ0v) is 15.8. The van der Waals surface area contributed by atoms with Crippen molar-refractivity contribution >= 4 is 34.9 Å². The molecule has 1 N–H and O–H groups in total. The molecule has 27 heavy (non-hydrogen) atoms. The van der Waals surface area contributed by atoms with E-state index in [1.807, 2.05) is 6.07 Å². The molecule has 0 aliphatic rings. The quantitative estimate of drug-likeness (QED) is 0.527. The van der Waals surface area contributed by atoms with E-state index in [1.165, 1.54) is 11.6 Å². The molecule has 3 aromatic heterocycles. The molecule has 0 unspecified atom stereocenters. The normalized spacial score (nSPS) is 12.2. The number of allylic oxidation sites excluding steroid dienone is 2. The maximum Gasteiger partial charge on any atom is 0.332 e. The van der Waals surface area contributed by atoms with Crippen LogP contribution >= 0.6 is 11.6 Å². The Bertz CT molecular complexity index is 1150. The minimum atomic E-state index is -0.452. The molecule has 0 saturated carbocycles. The van der Waals surface area contributed by atoms with Gasteiger partial charge in [0, 0.05) is 43.6 Å². The van der Waals surface area contributed by atoms with Crippen LogP contribution in [0.4, 0.5) is 5.95 Å². The number of hydrogen-bond donors (Lipinski definition) is 1. The van der Waals surface area contributed by atoms with Gasteiger partial charge in [0.2, 0.25) is 5.95 Å². The lowest BCUT2D eigenvalue weighted by atomic mass is 10.3. The van der Waals surface area contributed by atoms with Gasteiger partial charge in [-0.2, -0.15) is 10.1 Å². The largest absolute Gasteiger partial charge is 0.332 e.